The van der Waals surface area contributed by atoms with E-state index in [9.17, 15) is 4.79 Å². The van der Waals surface area contributed by atoms with E-state index in [-0.39, 0.29) is 5.91 Å². The molecule has 0 saturated carbocycles. The minimum absolute atomic E-state index is 0.145. The quantitative estimate of drug-likeness (QED) is 0.839. The fourth-order valence-electron chi connectivity index (χ4n) is 2.26. The molecule has 2 rings (SSSR count). The fourth-order valence-corrected chi connectivity index (χ4v) is 2.26. The lowest BCUT2D eigenvalue weighted by Gasteiger charge is -2.22. The van der Waals surface area contributed by atoms with Crippen molar-refractivity contribution in [3.63, 3.8) is 0 Å². The molecular formula is C14H20N2O. The molecule has 3 nitrogen and oxygen atoms in total. The van der Waals surface area contributed by atoms with Crippen molar-refractivity contribution in [2.45, 2.75) is 26.2 Å². The van der Waals surface area contributed by atoms with Gasteiger partial charge in [0.1, 0.15) is 0 Å². The molecule has 1 aliphatic rings. The molecule has 0 aliphatic carbocycles. The number of rotatable bonds is 3. The number of carbonyl (C=O) groups is 1. The van der Waals surface area contributed by atoms with Crippen LogP contribution in [0.25, 0.3) is 0 Å². The molecule has 0 unspecified atom stereocenters. The second-order valence-corrected chi connectivity index (χ2v) is 4.76. The molecule has 1 fully saturated rings. The van der Waals surface area contributed by atoms with Gasteiger partial charge in [0.2, 0.25) is 5.91 Å². The molecule has 3 heteroatoms. The van der Waals surface area contributed by atoms with Gasteiger partial charge in [-0.1, -0.05) is 18.2 Å². The summed E-state index contributed by atoms with van der Waals surface area (Å²) in [5.74, 6) is 0.687. The third-order valence-corrected chi connectivity index (χ3v) is 3.35. The SMILES string of the molecule is Cc1ccccc1NC(=O)CC1CCNCC1. The van der Waals surface area contributed by atoms with Gasteiger partial charge in [-0.3, -0.25) is 4.79 Å². The van der Waals surface area contributed by atoms with Crippen molar-refractivity contribution >= 4 is 11.6 Å². The van der Waals surface area contributed by atoms with Gasteiger partial charge in [-0.05, 0) is 50.4 Å². The Kier molecular flexibility index (Phi) is 4.15. The van der Waals surface area contributed by atoms with E-state index in [0.717, 1.165) is 37.2 Å². The number of amides is 1. The zero-order valence-electron chi connectivity index (χ0n) is 10.3. The molecule has 17 heavy (non-hydrogen) atoms. The molecule has 1 aromatic carbocycles. The molecule has 1 aliphatic heterocycles. The van der Waals surface area contributed by atoms with Gasteiger partial charge < -0.3 is 10.6 Å². The number of para-hydroxylation sites is 1. The van der Waals surface area contributed by atoms with Gasteiger partial charge in [0.05, 0.1) is 0 Å². The normalized spacial score (nSPS) is 16.8. The van der Waals surface area contributed by atoms with Crippen molar-refractivity contribution in [2.75, 3.05) is 18.4 Å². The van der Waals surface area contributed by atoms with Crippen LogP contribution in [0, 0.1) is 12.8 Å². The van der Waals surface area contributed by atoms with Crippen molar-refractivity contribution in [3.8, 4) is 0 Å². The van der Waals surface area contributed by atoms with Crippen LogP contribution in [0.5, 0.6) is 0 Å². The Bertz CT molecular complexity index is 384. The Balaban J connectivity index is 1.86. The number of carbonyl (C=O) groups excluding carboxylic acids is 1. The van der Waals surface area contributed by atoms with Crippen LogP contribution in [0.4, 0.5) is 5.69 Å². The number of benzene rings is 1. The Morgan fingerprint density at radius 3 is 2.76 bits per heavy atom. The van der Waals surface area contributed by atoms with E-state index < -0.39 is 0 Å². The average molecular weight is 232 g/mol. The van der Waals surface area contributed by atoms with Gasteiger partial charge in [0.15, 0.2) is 0 Å². The molecule has 1 aromatic rings. The van der Waals surface area contributed by atoms with Crippen LogP contribution in [-0.4, -0.2) is 19.0 Å². The Labute approximate surface area is 103 Å². The smallest absolute Gasteiger partial charge is 0.224 e. The second kappa shape index (κ2) is 5.82. The minimum atomic E-state index is 0.145. The first kappa shape index (κ1) is 12.1. The highest BCUT2D eigenvalue weighted by molar-refractivity contribution is 5.91. The van der Waals surface area contributed by atoms with Gasteiger partial charge in [0.25, 0.3) is 0 Å². The summed E-state index contributed by atoms with van der Waals surface area (Å²) in [6.07, 6.45) is 2.87. The van der Waals surface area contributed by atoms with E-state index in [1.807, 2.05) is 31.2 Å². The molecule has 1 heterocycles. The molecule has 0 spiro atoms. The zero-order valence-corrected chi connectivity index (χ0v) is 10.3. The van der Waals surface area contributed by atoms with Crippen LogP contribution in [0.3, 0.4) is 0 Å². The summed E-state index contributed by atoms with van der Waals surface area (Å²) >= 11 is 0. The molecule has 2 N–H and O–H groups in total. The number of nitrogens with one attached hydrogen (secondary N) is 2. The summed E-state index contributed by atoms with van der Waals surface area (Å²) in [5.41, 5.74) is 2.05. The number of anilines is 1. The van der Waals surface area contributed by atoms with Crippen LogP contribution >= 0.6 is 0 Å². The standard InChI is InChI=1S/C14H20N2O/c1-11-4-2-3-5-13(11)16-14(17)10-12-6-8-15-9-7-12/h2-5,12,15H,6-10H2,1H3,(H,16,17). The Morgan fingerprint density at radius 2 is 2.06 bits per heavy atom. The zero-order chi connectivity index (χ0) is 12.1. The maximum Gasteiger partial charge on any atom is 0.224 e. The Hall–Kier alpha value is -1.35. The topological polar surface area (TPSA) is 41.1 Å². The molecular weight excluding hydrogens is 212 g/mol. The number of hydrogen-bond acceptors (Lipinski definition) is 2. The number of hydrogen-bond donors (Lipinski definition) is 2. The van der Waals surface area contributed by atoms with Gasteiger partial charge in [-0.15, -0.1) is 0 Å². The van der Waals surface area contributed by atoms with Crippen LogP contribution in [0.15, 0.2) is 24.3 Å². The first-order chi connectivity index (χ1) is 8.25. The summed E-state index contributed by atoms with van der Waals surface area (Å²) < 4.78 is 0. The largest absolute Gasteiger partial charge is 0.326 e. The minimum Gasteiger partial charge on any atom is -0.326 e. The predicted molar refractivity (Wildman–Crippen MR) is 70.0 cm³/mol. The van der Waals surface area contributed by atoms with Crippen molar-refractivity contribution in [3.05, 3.63) is 29.8 Å². The molecule has 1 saturated heterocycles. The van der Waals surface area contributed by atoms with Crippen LogP contribution in [0.2, 0.25) is 0 Å². The van der Waals surface area contributed by atoms with E-state index in [4.69, 9.17) is 0 Å². The third-order valence-electron chi connectivity index (χ3n) is 3.35. The monoisotopic (exact) mass is 232 g/mol. The van der Waals surface area contributed by atoms with Crippen molar-refractivity contribution in [2.24, 2.45) is 5.92 Å². The first-order valence-corrected chi connectivity index (χ1v) is 6.32. The summed E-state index contributed by atoms with van der Waals surface area (Å²) in [7, 11) is 0. The Morgan fingerprint density at radius 1 is 1.35 bits per heavy atom. The molecule has 0 bridgehead atoms. The molecule has 0 radical (unpaired) electrons. The fraction of sp³-hybridized carbons (Fsp3) is 0.500. The lowest BCUT2D eigenvalue weighted by atomic mass is 9.94. The lowest BCUT2D eigenvalue weighted by molar-refractivity contribution is -0.117. The van der Waals surface area contributed by atoms with E-state index in [1.54, 1.807) is 0 Å². The number of piperidine rings is 1. The maximum atomic E-state index is 11.9. The number of aryl methyl sites for hydroxylation is 1. The summed E-state index contributed by atoms with van der Waals surface area (Å²) in [6.45, 7) is 4.10. The van der Waals surface area contributed by atoms with Crippen LogP contribution in [-0.2, 0) is 4.79 Å². The van der Waals surface area contributed by atoms with Crippen molar-refractivity contribution in [1.82, 2.24) is 5.32 Å². The molecule has 92 valence electrons. The summed E-state index contributed by atoms with van der Waals surface area (Å²) in [6, 6.07) is 7.90. The van der Waals surface area contributed by atoms with E-state index in [0.29, 0.717) is 12.3 Å². The van der Waals surface area contributed by atoms with E-state index in [2.05, 4.69) is 10.6 Å². The third kappa shape index (κ3) is 3.56. The first-order valence-electron chi connectivity index (χ1n) is 6.32. The van der Waals surface area contributed by atoms with E-state index >= 15 is 0 Å². The average Bonchev–Trinajstić information content (AvgIpc) is 2.33. The molecule has 0 atom stereocenters. The lowest BCUT2D eigenvalue weighted by Crippen LogP contribution is -2.30. The predicted octanol–water partition coefficient (Wildman–Crippen LogP) is 2.32. The van der Waals surface area contributed by atoms with Crippen molar-refractivity contribution < 1.29 is 4.79 Å². The van der Waals surface area contributed by atoms with Gasteiger partial charge in [0, 0.05) is 12.1 Å². The highest BCUT2D eigenvalue weighted by Gasteiger charge is 2.16. The second-order valence-electron chi connectivity index (χ2n) is 4.76. The van der Waals surface area contributed by atoms with Gasteiger partial charge in [-0.25, -0.2) is 0 Å². The highest BCUT2D eigenvalue weighted by atomic mass is 16.1. The van der Waals surface area contributed by atoms with Gasteiger partial charge in [-0.2, -0.15) is 0 Å². The maximum absolute atomic E-state index is 11.9. The van der Waals surface area contributed by atoms with Crippen LogP contribution < -0.4 is 10.6 Å². The van der Waals surface area contributed by atoms with Crippen molar-refractivity contribution in [1.29, 1.82) is 0 Å². The van der Waals surface area contributed by atoms with E-state index in [1.165, 1.54) is 0 Å². The summed E-state index contributed by atoms with van der Waals surface area (Å²) in [5, 5.41) is 6.31. The summed E-state index contributed by atoms with van der Waals surface area (Å²) in [4.78, 5) is 11.9. The molecule has 1 amide bonds. The van der Waals surface area contributed by atoms with Crippen LogP contribution in [0.1, 0.15) is 24.8 Å². The van der Waals surface area contributed by atoms with Gasteiger partial charge >= 0.3 is 0 Å². The highest BCUT2D eigenvalue weighted by Crippen LogP contribution is 2.18. The molecule has 0 aromatic heterocycles.